The maximum absolute atomic E-state index is 4.63. The maximum Gasteiger partial charge on any atom is 0.191 e. The van der Waals surface area contributed by atoms with Crippen LogP contribution in [0.2, 0.25) is 0 Å². The van der Waals surface area contributed by atoms with Gasteiger partial charge in [-0.1, -0.05) is 0 Å². The lowest BCUT2D eigenvalue weighted by molar-refractivity contribution is 0.570. The molecule has 2 aromatic heterocycles. The minimum atomic E-state index is 0.728. The number of aliphatic imine (C=N–C) groups is 1. The molecule has 22 heavy (non-hydrogen) atoms. The van der Waals surface area contributed by atoms with E-state index in [1.54, 1.807) is 11.3 Å². The minimum absolute atomic E-state index is 0.728. The van der Waals surface area contributed by atoms with Crippen molar-refractivity contribution in [3.63, 3.8) is 0 Å². The zero-order chi connectivity index (χ0) is 15.8. The van der Waals surface area contributed by atoms with Gasteiger partial charge in [0.25, 0.3) is 0 Å². The summed E-state index contributed by atoms with van der Waals surface area (Å²) in [6.45, 7) is 9.67. The van der Waals surface area contributed by atoms with E-state index in [4.69, 9.17) is 0 Å². The molecule has 2 heterocycles. The van der Waals surface area contributed by atoms with Crippen LogP contribution in [-0.2, 0) is 13.1 Å². The summed E-state index contributed by atoms with van der Waals surface area (Å²) in [6, 6.07) is 4.29. The van der Waals surface area contributed by atoms with Gasteiger partial charge >= 0.3 is 0 Å². The first-order valence-electron chi connectivity index (χ1n) is 7.74. The van der Waals surface area contributed by atoms with Crippen molar-refractivity contribution in [1.29, 1.82) is 0 Å². The Balaban J connectivity index is 1.75. The molecule has 0 bridgehead atoms. The molecule has 0 aliphatic carbocycles. The molecule has 6 heteroatoms. The van der Waals surface area contributed by atoms with Gasteiger partial charge in [0.1, 0.15) is 0 Å². The predicted molar refractivity (Wildman–Crippen MR) is 93.5 cm³/mol. The molecule has 2 rings (SSSR count). The zero-order valence-corrected chi connectivity index (χ0v) is 14.4. The maximum atomic E-state index is 4.63. The number of hydrogen-bond donors (Lipinski definition) is 2. The Labute approximate surface area is 136 Å². The van der Waals surface area contributed by atoms with Gasteiger partial charge in [-0.3, -0.25) is 4.68 Å². The quantitative estimate of drug-likeness (QED) is 0.469. The Morgan fingerprint density at radius 3 is 2.82 bits per heavy atom. The number of hydrogen-bond acceptors (Lipinski definition) is 3. The summed E-state index contributed by atoms with van der Waals surface area (Å²) in [5.41, 5.74) is 1.20. The Hall–Kier alpha value is -1.82. The van der Waals surface area contributed by atoms with E-state index in [1.807, 2.05) is 10.9 Å². The second-order valence-corrected chi connectivity index (χ2v) is 6.64. The Morgan fingerprint density at radius 1 is 1.32 bits per heavy atom. The molecule has 5 nitrogen and oxygen atoms in total. The molecule has 0 unspecified atom stereocenters. The fourth-order valence-electron chi connectivity index (χ4n) is 2.11. The summed E-state index contributed by atoms with van der Waals surface area (Å²) in [5.74, 6) is 0.880. The first kappa shape index (κ1) is 16.5. The van der Waals surface area contributed by atoms with Crippen LogP contribution in [0.4, 0.5) is 0 Å². The van der Waals surface area contributed by atoms with Crippen LogP contribution in [-0.4, -0.2) is 28.8 Å². The van der Waals surface area contributed by atoms with Crippen LogP contribution in [0.1, 0.15) is 28.7 Å². The first-order valence-corrected chi connectivity index (χ1v) is 8.55. The monoisotopic (exact) mass is 319 g/mol. The van der Waals surface area contributed by atoms with E-state index in [-0.39, 0.29) is 0 Å². The molecule has 0 saturated carbocycles. The van der Waals surface area contributed by atoms with Crippen LogP contribution in [0.3, 0.4) is 0 Å². The normalized spacial score (nSPS) is 11.7. The van der Waals surface area contributed by atoms with Crippen molar-refractivity contribution in [2.75, 3.05) is 13.1 Å². The van der Waals surface area contributed by atoms with Crippen molar-refractivity contribution in [3.8, 4) is 0 Å². The first-order chi connectivity index (χ1) is 10.7. The van der Waals surface area contributed by atoms with Gasteiger partial charge in [-0.2, -0.15) is 5.10 Å². The largest absolute Gasteiger partial charge is 0.357 e. The van der Waals surface area contributed by atoms with Crippen LogP contribution < -0.4 is 10.6 Å². The number of aromatic nitrogens is 2. The van der Waals surface area contributed by atoms with Gasteiger partial charge in [0.05, 0.1) is 12.7 Å². The Bertz CT molecular complexity index is 599. The minimum Gasteiger partial charge on any atom is -0.357 e. The summed E-state index contributed by atoms with van der Waals surface area (Å²) in [7, 11) is 0. The second-order valence-electron chi connectivity index (χ2n) is 5.27. The average Bonchev–Trinajstić information content (AvgIpc) is 3.09. The molecule has 0 aliphatic heterocycles. The van der Waals surface area contributed by atoms with Crippen LogP contribution in [0.15, 0.2) is 29.5 Å². The molecule has 0 aliphatic rings. The molecule has 0 fully saturated rings. The highest BCUT2D eigenvalue weighted by molar-refractivity contribution is 7.11. The van der Waals surface area contributed by atoms with Gasteiger partial charge in [-0.15, -0.1) is 11.3 Å². The van der Waals surface area contributed by atoms with Gasteiger partial charge in [-0.25, -0.2) is 4.99 Å². The SMILES string of the molecule is CCNC(=NCc1ccc(C)s1)NCCCn1cc(C)cn1. The highest BCUT2D eigenvalue weighted by Crippen LogP contribution is 2.15. The molecule has 0 atom stereocenters. The summed E-state index contributed by atoms with van der Waals surface area (Å²) in [6.07, 6.45) is 4.98. The Morgan fingerprint density at radius 2 is 2.18 bits per heavy atom. The number of aryl methyl sites for hydroxylation is 3. The summed E-state index contributed by atoms with van der Waals surface area (Å²) in [5, 5.41) is 11.0. The standard InChI is InChI=1S/C16H25N5S/c1-4-17-16(19-11-15-7-6-14(3)22-15)18-8-5-9-21-12-13(2)10-20-21/h6-7,10,12H,4-5,8-9,11H2,1-3H3,(H2,17,18,19). The van der Waals surface area contributed by atoms with Crippen LogP contribution in [0.5, 0.6) is 0 Å². The van der Waals surface area contributed by atoms with Gasteiger partial charge in [0, 0.05) is 35.6 Å². The highest BCUT2D eigenvalue weighted by atomic mass is 32.1. The third-order valence-electron chi connectivity index (χ3n) is 3.15. The van der Waals surface area contributed by atoms with Crippen molar-refractivity contribution in [3.05, 3.63) is 39.8 Å². The van der Waals surface area contributed by atoms with Gasteiger partial charge < -0.3 is 10.6 Å². The lowest BCUT2D eigenvalue weighted by Crippen LogP contribution is -2.38. The second kappa shape index (κ2) is 8.58. The number of nitrogens with one attached hydrogen (secondary N) is 2. The van der Waals surface area contributed by atoms with E-state index in [0.29, 0.717) is 0 Å². The lowest BCUT2D eigenvalue weighted by Gasteiger charge is -2.11. The van der Waals surface area contributed by atoms with Crippen molar-refractivity contribution >= 4 is 17.3 Å². The van der Waals surface area contributed by atoms with Gasteiger partial charge in [-0.05, 0) is 44.9 Å². The predicted octanol–water partition coefficient (Wildman–Crippen LogP) is 2.71. The van der Waals surface area contributed by atoms with Crippen LogP contribution in [0, 0.1) is 13.8 Å². The molecule has 0 amide bonds. The van der Waals surface area contributed by atoms with Gasteiger partial charge in [0.15, 0.2) is 5.96 Å². The van der Waals surface area contributed by atoms with E-state index in [2.05, 4.69) is 59.8 Å². The van der Waals surface area contributed by atoms with Gasteiger partial charge in [0.2, 0.25) is 0 Å². The van der Waals surface area contributed by atoms with E-state index in [9.17, 15) is 0 Å². The Kier molecular flexibility index (Phi) is 6.45. The van der Waals surface area contributed by atoms with Crippen molar-refractivity contribution in [2.45, 2.75) is 40.3 Å². The molecule has 120 valence electrons. The van der Waals surface area contributed by atoms with Crippen molar-refractivity contribution < 1.29 is 0 Å². The molecule has 0 saturated heterocycles. The molecular formula is C16H25N5S. The summed E-state index contributed by atoms with van der Waals surface area (Å²) >= 11 is 1.80. The van der Waals surface area contributed by atoms with Crippen molar-refractivity contribution in [1.82, 2.24) is 20.4 Å². The zero-order valence-electron chi connectivity index (χ0n) is 13.6. The van der Waals surface area contributed by atoms with E-state index < -0.39 is 0 Å². The molecule has 2 aromatic rings. The molecule has 0 aromatic carbocycles. The van der Waals surface area contributed by atoms with E-state index >= 15 is 0 Å². The van der Waals surface area contributed by atoms with Crippen LogP contribution in [0.25, 0.3) is 0 Å². The molecule has 0 spiro atoms. The fraction of sp³-hybridized carbons (Fsp3) is 0.500. The number of guanidine groups is 1. The average molecular weight is 319 g/mol. The van der Waals surface area contributed by atoms with E-state index in [1.165, 1.54) is 15.3 Å². The third kappa shape index (κ3) is 5.52. The number of rotatable bonds is 7. The van der Waals surface area contributed by atoms with Crippen molar-refractivity contribution in [2.24, 2.45) is 4.99 Å². The smallest absolute Gasteiger partial charge is 0.191 e. The number of nitrogens with zero attached hydrogens (tertiary/aromatic N) is 3. The molecular weight excluding hydrogens is 294 g/mol. The molecule has 2 N–H and O–H groups in total. The summed E-state index contributed by atoms with van der Waals surface area (Å²) < 4.78 is 1.98. The third-order valence-corrected chi connectivity index (χ3v) is 4.14. The van der Waals surface area contributed by atoms with E-state index in [0.717, 1.165) is 38.6 Å². The fourth-order valence-corrected chi connectivity index (χ4v) is 2.92. The summed E-state index contributed by atoms with van der Waals surface area (Å²) in [4.78, 5) is 7.25. The number of thiophene rings is 1. The highest BCUT2D eigenvalue weighted by Gasteiger charge is 2.00. The molecule has 0 radical (unpaired) electrons. The topological polar surface area (TPSA) is 54.2 Å². The lowest BCUT2D eigenvalue weighted by atomic mass is 10.4. The van der Waals surface area contributed by atoms with Crippen LogP contribution >= 0.6 is 11.3 Å².